The Morgan fingerprint density at radius 3 is 3.00 bits per heavy atom. The van der Waals surface area contributed by atoms with Crippen LogP contribution in [0.4, 0.5) is 4.39 Å². The van der Waals surface area contributed by atoms with Gasteiger partial charge in [0.1, 0.15) is 5.82 Å². The predicted molar refractivity (Wildman–Crippen MR) is 86.1 cm³/mol. The summed E-state index contributed by atoms with van der Waals surface area (Å²) in [6.07, 6.45) is 1.72. The van der Waals surface area contributed by atoms with Gasteiger partial charge in [-0.25, -0.2) is 4.39 Å². The Bertz CT molecular complexity index is 426. The van der Waals surface area contributed by atoms with Crippen molar-refractivity contribution in [1.29, 1.82) is 0 Å². The number of nitrogens with one attached hydrogen (secondary N) is 2. The molecule has 6 heteroatoms. The molecular formula is C12H16BrFIN3. The van der Waals surface area contributed by atoms with Crippen LogP contribution in [0.25, 0.3) is 0 Å². The number of rotatable bonds is 3. The first-order valence-corrected chi connectivity index (χ1v) is 6.51. The molecule has 0 amide bonds. The highest BCUT2D eigenvalue weighted by molar-refractivity contribution is 14.0. The Morgan fingerprint density at radius 2 is 2.28 bits per heavy atom. The number of halogens is 3. The molecule has 1 aromatic carbocycles. The molecule has 0 fully saturated rings. The molecule has 1 aromatic rings. The molecule has 0 bridgehead atoms. The molecule has 0 saturated carbocycles. The van der Waals surface area contributed by atoms with Crippen molar-refractivity contribution in [1.82, 2.24) is 10.6 Å². The van der Waals surface area contributed by atoms with E-state index in [0.717, 1.165) is 29.9 Å². The lowest BCUT2D eigenvalue weighted by molar-refractivity contribution is 0.605. The monoisotopic (exact) mass is 427 g/mol. The van der Waals surface area contributed by atoms with Gasteiger partial charge in [-0.2, -0.15) is 0 Å². The van der Waals surface area contributed by atoms with Crippen LogP contribution < -0.4 is 10.6 Å². The van der Waals surface area contributed by atoms with Crippen LogP contribution in [0.1, 0.15) is 12.0 Å². The van der Waals surface area contributed by atoms with E-state index in [2.05, 4.69) is 31.6 Å². The Balaban J connectivity index is 0.00000162. The van der Waals surface area contributed by atoms with Gasteiger partial charge in [0, 0.05) is 24.1 Å². The van der Waals surface area contributed by atoms with Crippen molar-refractivity contribution < 1.29 is 4.39 Å². The third-order valence-corrected chi connectivity index (χ3v) is 3.09. The molecule has 2 N–H and O–H groups in total. The van der Waals surface area contributed by atoms with E-state index >= 15 is 0 Å². The summed E-state index contributed by atoms with van der Waals surface area (Å²) in [6.45, 7) is 2.50. The van der Waals surface area contributed by atoms with Crippen molar-refractivity contribution in [2.45, 2.75) is 12.8 Å². The van der Waals surface area contributed by atoms with Crippen LogP contribution in [0, 0.1) is 5.82 Å². The van der Waals surface area contributed by atoms with Gasteiger partial charge in [0.05, 0.1) is 0 Å². The molecule has 1 aliphatic heterocycles. The molecular weight excluding hydrogens is 412 g/mol. The van der Waals surface area contributed by atoms with Crippen LogP contribution in [0.3, 0.4) is 0 Å². The van der Waals surface area contributed by atoms with Gasteiger partial charge in [0.15, 0.2) is 5.96 Å². The number of benzene rings is 1. The SMILES string of the molecule is Fc1ccc(Br)cc1CCNC1=NCCCN1.I. The molecule has 0 saturated heterocycles. The van der Waals surface area contributed by atoms with E-state index in [1.165, 1.54) is 6.07 Å². The van der Waals surface area contributed by atoms with Gasteiger partial charge in [-0.3, -0.25) is 4.99 Å². The molecule has 0 radical (unpaired) electrons. The van der Waals surface area contributed by atoms with Crippen LogP contribution in [0.15, 0.2) is 27.7 Å². The molecule has 0 aliphatic carbocycles. The van der Waals surface area contributed by atoms with E-state index < -0.39 is 0 Å². The van der Waals surface area contributed by atoms with Crippen LogP contribution in [0.2, 0.25) is 0 Å². The summed E-state index contributed by atoms with van der Waals surface area (Å²) in [5.41, 5.74) is 0.711. The Kier molecular flexibility index (Phi) is 6.91. The third-order valence-electron chi connectivity index (χ3n) is 2.59. The Morgan fingerprint density at radius 1 is 1.44 bits per heavy atom. The molecule has 1 heterocycles. The fourth-order valence-corrected chi connectivity index (χ4v) is 2.11. The molecule has 0 aromatic heterocycles. The Labute approximate surface area is 132 Å². The van der Waals surface area contributed by atoms with Gasteiger partial charge in [0.2, 0.25) is 0 Å². The van der Waals surface area contributed by atoms with Crippen LogP contribution in [-0.2, 0) is 6.42 Å². The van der Waals surface area contributed by atoms with E-state index in [1.54, 1.807) is 6.07 Å². The molecule has 0 atom stereocenters. The molecule has 0 spiro atoms. The number of aliphatic imine (C=N–C) groups is 1. The second-order valence-electron chi connectivity index (χ2n) is 3.92. The van der Waals surface area contributed by atoms with Gasteiger partial charge in [-0.15, -0.1) is 24.0 Å². The summed E-state index contributed by atoms with van der Waals surface area (Å²) in [5, 5.41) is 6.34. The number of guanidine groups is 1. The van der Waals surface area contributed by atoms with E-state index in [9.17, 15) is 4.39 Å². The molecule has 18 heavy (non-hydrogen) atoms. The van der Waals surface area contributed by atoms with Crippen molar-refractivity contribution in [3.8, 4) is 0 Å². The van der Waals surface area contributed by atoms with Crippen molar-refractivity contribution in [3.05, 3.63) is 34.1 Å². The highest BCUT2D eigenvalue weighted by Gasteiger charge is 2.05. The van der Waals surface area contributed by atoms with Gasteiger partial charge in [0.25, 0.3) is 0 Å². The first-order valence-electron chi connectivity index (χ1n) is 5.72. The highest BCUT2D eigenvalue weighted by atomic mass is 127. The van der Waals surface area contributed by atoms with Crippen LogP contribution in [-0.4, -0.2) is 25.6 Å². The molecule has 0 unspecified atom stereocenters. The van der Waals surface area contributed by atoms with Crippen molar-refractivity contribution >= 4 is 45.9 Å². The minimum atomic E-state index is -0.159. The van der Waals surface area contributed by atoms with Crippen LogP contribution in [0.5, 0.6) is 0 Å². The molecule has 100 valence electrons. The third kappa shape index (κ3) is 4.72. The lowest BCUT2D eigenvalue weighted by Gasteiger charge is -2.16. The van der Waals surface area contributed by atoms with Crippen molar-refractivity contribution in [2.24, 2.45) is 4.99 Å². The first-order chi connectivity index (χ1) is 8.25. The van der Waals surface area contributed by atoms with Gasteiger partial charge >= 0.3 is 0 Å². The van der Waals surface area contributed by atoms with Crippen molar-refractivity contribution in [2.75, 3.05) is 19.6 Å². The number of hydrogen-bond acceptors (Lipinski definition) is 3. The Hall–Kier alpha value is -0.370. The van der Waals surface area contributed by atoms with Crippen molar-refractivity contribution in [3.63, 3.8) is 0 Å². The van der Waals surface area contributed by atoms with Gasteiger partial charge in [-0.05, 0) is 36.6 Å². The average Bonchev–Trinajstić information content (AvgIpc) is 2.35. The van der Waals surface area contributed by atoms with Gasteiger partial charge in [-0.1, -0.05) is 15.9 Å². The highest BCUT2D eigenvalue weighted by Crippen LogP contribution is 2.15. The van der Waals surface area contributed by atoms with E-state index in [1.807, 2.05) is 6.07 Å². The summed E-state index contributed by atoms with van der Waals surface area (Å²) >= 11 is 3.34. The minimum absolute atomic E-state index is 0. The maximum absolute atomic E-state index is 13.4. The lowest BCUT2D eigenvalue weighted by atomic mass is 10.1. The maximum atomic E-state index is 13.4. The maximum Gasteiger partial charge on any atom is 0.191 e. The number of nitrogens with zero attached hydrogens (tertiary/aromatic N) is 1. The zero-order valence-electron chi connectivity index (χ0n) is 9.88. The normalized spacial score (nSPS) is 14.2. The largest absolute Gasteiger partial charge is 0.356 e. The summed E-state index contributed by atoms with van der Waals surface area (Å²) < 4.78 is 14.3. The fraction of sp³-hybridized carbons (Fsp3) is 0.417. The minimum Gasteiger partial charge on any atom is -0.356 e. The van der Waals surface area contributed by atoms with E-state index in [-0.39, 0.29) is 29.8 Å². The molecule has 2 rings (SSSR count). The topological polar surface area (TPSA) is 36.4 Å². The first kappa shape index (κ1) is 15.7. The van der Waals surface area contributed by atoms with E-state index in [0.29, 0.717) is 18.5 Å². The van der Waals surface area contributed by atoms with Gasteiger partial charge < -0.3 is 10.6 Å². The second kappa shape index (κ2) is 7.93. The second-order valence-corrected chi connectivity index (χ2v) is 4.84. The fourth-order valence-electron chi connectivity index (χ4n) is 1.70. The number of hydrogen-bond donors (Lipinski definition) is 2. The average molecular weight is 428 g/mol. The summed E-state index contributed by atoms with van der Waals surface area (Å²) in [5.74, 6) is 0.667. The zero-order chi connectivity index (χ0) is 12.1. The zero-order valence-corrected chi connectivity index (χ0v) is 13.8. The molecule has 3 nitrogen and oxygen atoms in total. The summed E-state index contributed by atoms with van der Waals surface area (Å²) in [6, 6.07) is 5.00. The standard InChI is InChI=1S/C12H15BrFN3.HI/c13-10-2-3-11(14)9(8-10)4-7-17-12-15-5-1-6-16-12;/h2-3,8H,1,4-7H2,(H2,15,16,17);1H. The lowest BCUT2D eigenvalue weighted by Crippen LogP contribution is -2.41. The van der Waals surface area contributed by atoms with E-state index in [4.69, 9.17) is 0 Å². The smallest absolute Gasteiger partial charge is 0.191 e. The summed E-state index contributed by atoms with van der Waals surface area (Å²) in [4.78, 5) is 4.29. The summed E-state index contributed by atoms with van der Waals surface area (Å²) in [7, 11) is 0. The quantitative estimate of drug-likeness (QED) is 0.727. The predicted octanol–water partition coefficient (Wildman–Crippen LogP) is 2.69. The molecule has 1 aliphatic rings. The van der Waals surface area contributed by atoms with Crippen LogP contribution >= 0.6 is 39.9 Å².